The van der Waals surface area contributed by atoms with Crippen LogP contribution < -0.4 is 0 Å². The number of unbranched alkanes of at least 4 members (excludes halogenated alkanes) is 16. The molecule has 0 heterocycles. The van der Waals surface area contributed by atoms with Crippen molar-refractivity contribution in [2.24, 2.45) is 0 Å². The Morgan fingerprint density at radius 3 is 1.37 bits per heavy atom. The van der Waals surface area contributed by atoms with E-state index in [4.69, 9.17) is 5.11 Å². The lowest BCUT2D eigenvalue weighted by molar-refractivity contribution is -0.136. The average molecular weight is 379 g/mol. The Labute approximate surface area is 169 Å². The van der Waals surface area contributed by atoms with Gasteiger partial charge in [-0.25, -0.2) is 0 Å². The molecule has 0 aliphatic rings. The van der Waals surface area contributed by atoms with E-state index in [1.165, 1.54) is 103 Å². The number of hydrogen-bond donors (Lipinski definition) is 1. The van der Waals surface area contributed by atoms with Gasteiger partial charge in [0.1, 0.15) is 0 Å². The van der Waals surface area contributed by atoms with Crippen LogP contribution in [0.5, 0.6) is 0 Å². The third kappa shape index (κ3) is 24.9. The van der Waals surface area contributed by atoms with E-state index in [-0.39, 0.29) is 6.42 Å². The van der Waals surface area contributed by atoms with E-state index in [2.05, 4.69) is 13.0 Å². The minimum atomic E-state index is -0.725. The van der Waals surface area contributed by atoms with Crippen LogP contribution in [0.3, 0.4) is 0 Å². The molecule has 0 aromatic carbocycles. The minimum Gasteiger partial charge on any atom is -0.481 e. The maximum Gasteiger partial charge on any atom is 0.303 e. The third-order valence-corrected chi connectivity index (χ3v) is 5.13. The molecule has 0 aromatic heterocycles. The van der Waals surface area contributed by atoms with Crippen molar-refractivity contribution in [1.82, 2.24) is 0 Å². The highest BCUT2D eigenvalue weighted by atomic mass is 16.4. The van der Waals surface area contributed by atoms with Crippen molar-refractivity contribution in [2.45, 2.75) is 129 Å². The fourth-order valence-corrected chi connectivity index (χ4v) is 3.37. The van der Waals surface area contributed by atoms with E-state index in [0.717, 1.165) is 6.42 Å². The van der Waals surface area contributed by atoms with Crippen LogP contribution in [0.2, 0.25) is 0 Å². The zero-order valence-corrected chi connectivity index (χ0v) is 18.1. The first-order chi connectivity index (χ1) is 13.3. The van der Waals surface area contributed by atoms with Crippen LogP contribution in [-0.2, 0) is 4.79 Å². The van der Waals surface area contributed by atoms with Gasteiger partial charge in [0.05, 0.1) is 0 Å². The van der Waals surface area contributed by atoms with Gasteiger partial charge in [-0.3, -0.25) is 4.79 Å². The quantitative estimate of drug-likeness (QED) is 0.160. The molecule has 0 spiro atoms. The lowest BCUT2D eigenvalue weighted by atomic mass is 10.0. The van der Waals surface area contributed by atoms with Crippen LogP contribution in [0.15, 0.2) is 24.3 Å². The first-order valence-corrected chi connectivity index (χ1v) is 11.8. The van der Waals surface area contributed by atoms with Crippen molar-refractivity contribution in [1.29, 1.82) is 0 Å². The normalized spacial score (nSPS) is 11.7. The van der Waals surface area contributed by atoms with Crippen LogP contribution in [0, 0.1) is 0 Å². The zero-order valence-electron chi connectivity index (χ0n) is 18.1. The van der Waals surface area contributed by atoms with Gasteiger partial charge in [-0.15, -0.1) is 0 Å². The minimum absolute atomic E-state index is 0.226. The van der Waals surface area contributed by atoms with Gasteiger partial charge < -0.3 is 5.11 Å². The molecule has 0 atom stereocenters. The third-order valence-electron chi connectivity index (χ3n) is 5.13. The lowest BCUT2D eigenvalue weighted by Crippen LogP contribution is -1.91. The summed E-state index contributed by atoms with van der Waals surface area (Å²) in [5.41, 5.74) is 0. The molecular weight excluding hydrogens is 332 g/mol. The molecule has 0 aliphatic heterocycles. The van der Waals surface area contributed by atoms with Crippen LogP contribution in [0.4, 0.5) is 0 Å². The summed E-state index contributed by atoms with van der Waals surface area (Å²) >= 11 is 0. The molecule has 0 bridgehead atoms. The SMILES string of the molecule is CCCCCCCCCCCCCCCCCCC=CC=CCCC(=O)O. The van der Waals surface area contributed by atoms with E-state index >= 15 is 0 Å². The summed E-state index contributed by atoms with van der Waals surface area (Å²) in [6, 6.07) is 0. The standard InChI is InChI=1S/C25H46O2/c1-2-3-4-5-6-7-8-9-10-11-12-13-14-15-16-17-18-19-20-21-22-23-24-25(26)27/h19-22H,2-18,23-24H2,1H3,(H,26,27). The van der Waals surface area contributed by atoms with E-state index in [9.17, 15) is 4.79 Å². The topological polar surface area (TPSA) is 37.3 Å². The molecule has 0 unspecified atom stereocenters. The van der Waals surface area contributed by atoms with Crippen molar-refractivity contribution < 1.29 is 9.90 Å². The molecule has 1 N–H and O–H groups in total. The smallest absolute Gasteiger partial charge is 0.303 e. The fourth-order valence-electron chi connectivity index (χ4n) is 3.37. The molecule has 0 fully saturated rings. The lowest BCUT2D eigenvalue weighted by Gasteiger charge is -2.03. The molecule has 0 amide bonds. The van der Waals surface area contributed by atoms with Gasteiger partial charge >= 0.3 is 5.97 Å². The molecular formula is C25H46O2. The molecule has 2 nitrogen and oxygen atoms in total. The average Bonchev–Trinajstić information content (AvgIpc) is 2.65. The Morgan fingerprint density at radius 2 is 0.963 bits per heavy atom. The molecule has 0 saturated heterocycles. The Hall–Kier alpha value is -1.05. The summed E-state index contributed by atoms with van der Waals surface area (Å²) in [5.74, 6) is -0.725. The number of aliphatic carboxylic acids is 1. The van der Waals surface area contributed by atoms with Gasteiger partial charge in [0.15, 0.2) is 0 Å². The van der Waals surface area contributed by atoms with Crippen LogP contribution in [0.1, 0.15) is 129 Å². The van der Waals surface area contributed by atoms with Crippen molar-refractivity contribution in [2.75, 3.05) is 0 Å². The molecule has 2 heteroatoms. The molecule has 0 saturated carbocycles. The van der Waals surface area contributed by atoms with E-state index in [0.29, 0.717) is 6.42 Å². The van der Waals surface area contributed by atoms with E-state index in [1.54, 1.807) is 0 Å². The number of rotatable bonds is 21. The molecule has 27 heavy (non-hydrogen) atoms. The number of allylic oxidation sites excluding steroid dienone is 4. The fraction of sp³-hybridized carbons (Fsp3) is 0.800. The summed E-state index contributed by atoms with van der Waals surface area (Å²) < 4.78 is 0. The second kappa shape index (κ2) is 23.0. The maximum atomic E-state index is 10.4. The number of hydrogen-bond acceptors (Lipinski definition) is 1. The Kier molecular flexibility index (Phi) is 22.1. The van der Waals surface area contributed by atoms with Crippen LogP contribution >= 0.6 is 0 Å². The summed E-state index contributed by atoms with van der Waals surface area (Å²) in [4.78, 5) is 10.4. The predicted molar refractivity (Wildman–Crippen MR) is 119 cm³/mol. The van der Waals surface area contributed by atoms with Crippen molar-refractivity contribution in [3.63, 3.8) is 0 Å². The van der Waals surface area contributed by atoms with Crippen LogP contribution in [-0.4, -0.2) is 11.1 Å². The van der Waals surface area contributed by atoms with Gasteiger partial charge in [-0.1, -0.05) is 128 Å². The van der Waals surface area contributed by atoms with E-state index < -0.39 is 5.97 Å². The molecule has 0 rings (SSSR count). The van der Waals surface area contributed by atoms with Crippen molar-refractivity contribution in [3.8, 4) is 0 Å². The van der Waals surface area contributed by atoms with Gasteiger partial charge in [0, 0.05) is 6.42 Å². The largest absolute Gasteiger partial charge is 0.481 e. The molecule has 0 aliphatic carbocycles. The monoisotopic (exact) mass is 378 g/mol. The van der Waals surface area contributed by atoms with Gasteiger partial charge in [0.2, 0.25) is 0 Å². The molecule has 0 aromatic rings. The summed E-state index contributed by atoms with van der Waals surface area (Å²) in [6.45, 7) is 2.28. The molecule has 0 radical (unpaired) electrons. The summed E-state index contributed by atoms with van der Waals surface area (Å²) in [6.07, 6.45) is 32.7. The zero-order chi connectivity index (χ0) is 19.8. The Balaban J connectivity index is 3.11. The van der Waals surface area contributed by atoms with E-state index in [1.807, 2.05) is 18.2 Å². The first-order valence-electron chi connectivity index (χ1n) is 11.8. The second-order valence-corrected chi connectivity index (χ2v) is 7.88. The highest BCUT2D eigenvalue weighted by molar-refractivity contribution is 5.66. The second-order valence-electron chi connectivity index (χ2n) is 7.88. The summed E-state index contributed by atoms with van der Waals surface area (Å²) in [7, 11) is 0. The maximum absolute atomic E-state index is 10.4. The van der Waals surface area contributed by atoms with Crippen LogP contribution in [0.25, 0.3) is 0 Å². The van der Waals surface area contributed by atoms with Gasteiger partial charge in [-0.2, -0.15) is 0 Å². The first kappa shape index (κ1) is 26.0. The number of carbonyl (C=O) groups is 1. The summed E-state index contributed by atoms with van der Waals surface area (Å²) in [5, 5.41) is 8.53. The highest BCUT2D eigenvalue weighted by Crippen LogP contribution is 2.14. The van der Waals surface area contributed by atoms with Crippen molar-refractivity contribution >= 4 is 5.97 Å². The van der Waals surface area contributed by atoms with Gasteiger partial charge in [0.25, 0.3) is 0 Å². The van der Waals surface area contributed by atoms with Gasteiger partial charge in [-0.05, 0) is 19.3 Å². The highest BCUT2D eigenvalue weighted by Gasteiger charge is 1.94. The number of carboxylic acids is 1. The Bertz CT molecular complexity index is 357. The Morgan fingerprint density at radius 1 is 0.593 bits per heavy atom. The van der Waals surface area contributed by atoms with Crippen molar-refractivity contribution in [3.05, 3.63) is 24.3 Å². The number of carboxylic acid groups (broad SMARTS) is 1. The molecule has 158 valence electrons. The predicted octanol–water partition coefficient (Wildman–Crippen LogP) is 8.62.